The van der Waals surface area contributed by atoms with Crippen molar-refractivity contribution < 1.29 is 26.3 Å². The van der Waals surface area contributed by atoms with Gasteiger partial charge in [0.2, 0.25) is 0 Å². The molecule has 1 aliphatic rings. The predicted molar refractivity (Wildman–Crippen MR) is 48.8 cm³/mol. The molecule has 0 saturated heterocycles. The van der Waals surface area contributed by atoms with Crippen LogP contribution in [0.3, 0.4) is 0 Å². The molecular weight excluding hydrogens is 304 g/mol. The van der Waals surface area contributed by atoms with Gasteiger partial charge in [0, 0.05) is 12.7 Å². The van der Waals surface area contributed by atoms with Crippen LogP contribution in [0.1, 0.15) is 0 Å². The average molecular weight is 310 g/mol. The second-order valence-corrected chi connectivity index (χ2v) is 3.62. The van der Waals surface area contributed by atoms with Crippen LogP contribution in [0, 0.1) is 0 Å². The third kappa shape index (κ3) is 3.16. The SMILES string of the molecule is FC(F)(F)C1=CN(CBr)CC(C(F)(F)F)=C1. The Morgan fingerprint density at radius 2 is 1.69 bits per heavy atom. The summed E-state index contributed by atoms with van der Waals surface area (Å²) in [6.45, 7) is -0.589. The van der Waals surface area contributed by atoms with Crippen molar-refractivity contribution in [1.29, 1.82) is 0 Å². The van der Waals surface area contributed by atoms with Crippen LogP contribution in [0.4, 0.5) is 26.3 Å². The normalized spacial score (nSPS) is 18.3. The van der Waals surface area contributed by atoms with Crippen LogP contribution in [0.2, 0.25) is 0 Å². The van der Waals surface area contributed by atoms with Gasteiger partial charge >= 0.3 is 12.4 Å². The van der Waals surface area contributed by atoms with E-state index in [1.165, 1.54) is 0 Å². The largest absolute Gasteiger partial charge is 0.417 e. The van der Waals surface area contributed by atoms with Crippen molar-refractivity contribution in [2.45, 2.75) is 12.4 Å². The van der Waals surface area contributed by atoms with Crippen LogP contribution in [0.5, 0.6) is 0 Å². The monoisotopic (exact) mass is 309 g/mol. The smallest absolute Gasteiger partial charge is 0.363 e. The van der Waals surface area contributed by atoms with E-state index in [0.717, 1.165) is 4.90 Å². The Morgan fingerprint density at radius 3 is 2.06 bits per heavy atom. The molecule has 1 nitrogen and oxygen atoms in total. The topological polar surface area (TPSA) is 3.24 Å². The summed E-state index contributed by atoms with van der Waals surface area (Å²) in [6.07, 6.45) is -8.73. The maximum atomic E-state index is 12.3. The van der Waals surface area contributed by atoms with Crippen molar-refractivity contribution >= 4 is 15.9 Å². The molecule has 0 atom stereocenters. The van der Waals surface area contributed by atoms with E-state index in [0.29, 0.717) is 6.20 Å². The van der Waals surface area contributed by atoms with E-state index >= 15 is 0 Å². The quantitative estimate of drug-likeness (QED) is 0.406. The average Bonchev–Trinajstić information content (AvgIpc) is 2.14. The lowest BCUT2D eigenvalue weighted by atomic mass is 10.1. The number of allylic oxidation sites excluding steroid dienone is 2. The first-order chi connectivity index (χ1) is 7.14. The second-order valence-electron chi connectivity index (χ2n) is 3.12. The molecule has 0 unspecified atom stereocenters. The highest BCUT2D eigenvalue weighted by atomic mass is 79.9. The lowest BCUT2D eigenvalue weighted by molar-refractivity contribution is -0.101. The Kier molecular flexibility index (Phi) is 3.61. The minimum Gasteiger partial charge on any atom is -0.363 e. The first-order valence-electron chi connectivity index (χ1n) is 4.01. The summed E-state index contributed by atoms with van der Waals surface area (Å²) >= 11 is 2.82. The van der Waals surface area contributed by atoms with E-state index in [2.05, 4.69) is 15.9 Å². The van der Waals surface area contributed by atoms with Gasteiger partial charge in [-0.2, -0.15) is 26.3 Å². The highest BCUT2D eigenvalue weighted by Crippen LogP contribution is 2.35. The number of alkyl halides is 7. The molecule has 0 saturated carbocycles. The van der Waals surface area contributed by atoms with Gasteiger partial charge in [-0.1, -0.05) is 15.9 Å². The van der Waals surface area contributed by atoms with E-state index in [1.807, 2.05) is 0 Å². The standard InChI is InChI=1S/C8H6BrF6N/c9-4-16-2-5(7(10,11)12)1-6(3-16)8(13,14)15/h1-2H,3-4H2. The second kappa shape index (κ2) is 4.31. The molecule has 92 valence electrons. The first-order valence-corrected chi connectivity index (χ1v) is 5.13. The van der Waals surface area contributed by atoms with Crippen molar-refractivity contribution in [2.24, 2.45) is 0 Å². The maximum absolute atomic E-state index is 12.3. The van der Waals surface area contributed by atoms with Crippen LogP contribution in [-0.2, 0) is 0 Å². The van der Waals surface area contributed by atoms with Gasteiger partial charge in [-0.05, 0) is 6.08 Å². The Hall–Kier alpha value is -0.660. The van der Waals surface area contributed by atoms with Gasteiger partial charge in [0.1, 0.15) is 0 Å². The zero-order chi connectivity index (χ0) is 12.6. The van der Waals surface area contributed by atoms with Gasteiger partial charge in [-0.3, -0.25) is 0 Å². The molecule has 0 spiro atoms. The zero-order valence-electron chi connectivity index (χ0n) is 7.66. The summed E-state index contributed by atoms with van der Waals surface area (Å²) in [7, 11) is 0. The molecule has 0 fully saturated rings. The maximum Gasteiger partial charge on any atom is 0.417 e. The van der Waals surface area contributed by atoms with Crippen LogP contribution in [-0.4, -0.2) is 29.3 Å². The fraction of sp³-hybridized carbons (Fsp3) is 0.500. The van der Waals surface area contributed by atoms with Crippen LogP contribution < -0.4 is 0 Å². The Labute approximate surface area is 95.5 Å². The first kappa shape index (κ1) is 13.4. The van der Waals surface area contributed by atoms with Crippen molar-refractivity contribution in [1.82, 2.24) is 4.90 Å². The summed E-state index contributed by atoms with van der Waals surface area (Å²) in [5.74, 6) is 0. The van der Waals surface area contributed by atoms with E-state index < -0.39 is 30.0 Å². The van der Waals surface area contributed by atoms with Gasteiger partial charge in [-0.15, -0.1) is 0 Å². The highest BCUT2D eigenvalue weighted by molar-refractivity contribution is 9.09. The molecule has 0 bridgehead atoms. The molecule has 0 aromatic heterocycles. The molecule has 0 aliphatic carbocycles. The molecule has 1 aliphatic heterocycles. The summed E-state index contributed by atoms with van der Waals surface area (Å²) in [4.78, 5) is 0.894. The van der Waals surface area contributed by atoms with Gasteiger partial charge in [0.15, 0.2) is 0 Å². The van der Waals surface area contributed by atoms with E-state index in [9.17, 15) is 26.3 Å². The number of hydrogen-bond acceptors (Lipinski definition) is 1. The number of hydrogen-bond donors (Lipinski definition) is 0. The lowest BCUT2D eigenvalue weighted by Gasteiger charge is -2.27. The van der Waals surface area contributed by atoms with Crippen molar-refractivity contribution in [3.63, 3.8) is 0 Å². The summed E-state index contributed by atoms with van der Waals surface area (Å²) in [5.41, 5.74) is -2.60. The fourth-order valence-electron chi connectivity index (χ4n) is 1.14. The Morgan fingerprint density at radius 1 is 1.12 bits per heavy atom. The number of nitrogens with zero attached hydrogens (tertiary/aromatic N) is 1. The van der Waals surface area contributed by atoms with Crippen molar-refractivity contribution in [2.75, 3.05) is 12.0 Å². The lowest BCUT2D eigenvalue weighted by Crippen LogP contribution is -2.31. The summed E-state index contributed by atoms with van der Waals surface area (Å²) in [6, 6.07) is 0. The van der Waals surface area contributed by atoms with E-state index in [4.69, 9.17) is 0 Å². The van der Waals surface area contributed by atoms with E-state index in [1.54, 1.807) is 0 Å². The Balaban J connectivity index is 3.08. The molecule has 1 rings (SSSR count). The molecule has 1 heterocycles. The molecule has 0 radical (unpaired) electrons. The van der Waals surface area contributed by atoms with Gasteiger partial charge in [0.05, 0.1) is 16.6 Å². The van der Waals surface area contributed by atoms with Gasteiger partial charge in [0.25, 0.3) is 0 Å². The molecule has 8 heteroatoms. The summed E-state index contributed by atoms with van der Waals surface area (Å²) in [5, 5.41) is 0. The highest BCUT2D eigenvalue weighted by Gasteiger charge is 2.41. The minimum absolute atomic E-state index is 0.0972. The van der Waals surface area contributed by atoms with Gasteiger partial charge in [-0.25, -0.2) is 0 Å². The molecule has 0 amide bonds. The van der Waals surface area contributed by atoms with Crippen molar-refractivity contribution in [3.05, 3.63) is 23.4 Å². The number of rotatable bonds is 1. The fourth-order valence-corrected chi connectivity index (χ4v) is 1.46. The Bertz CT molecular complexity index is 326. The minimum atomic E-state index is -4.78. The zero-order valence-corrected chi connectivity index (χ0v) is 9.25. The molecular formula is C8H6BrF6N. The van der Waals surface area contributed by atoms with E-state index in [-0.39, 0.29) is 11.5 Å². The number of halogens is 7. The van der Waals surface area contributed by atoms with Crippen LogP contribution in [0.15, 0.2) is 23.4 Å². The summed E-state index contributed by atoms with van der Waals surface area (Å²) < 4.78 is 73.8. The van der Waals surface area contributed by atoms with Crippen LogP contribution >= 0.6 is 15.9 Å². The van der Waals surface area contributed by atoms with Crippen molar-refractivity contribution in [3.8, 4) is 0 Å². The molecule has 0 aromatic rings. The molecule has 16 heavy (non-hydrogen) atoms. The third-order valence-electron chi connectivity index (χ3n) is 1.87. The van der Waals surface area contributed by atoms with Crippen LogP contribution in [0.25, 0.3) is 0 Å². The third-order valence-corrected chi connectivity index (χ3v) is 2.51. The molecule has 0 aromatic carbocycles. The predicted octanol–water partition coefficient (Wildman–Crippen LogP) is 3.59. The molecule has 0 N–H and O–H groups in total. The van der Waals surface area contributed by atoms with Gasteiger partial charge < -0.3 is 4.90 Å².